The number of rotatable bonds is 3. The van der Waals surface area contributed by atoms with Gasteiger partial charge in [-0.1, -0.05) is 18.6 Å². The summed E-state index contributed by atoms with van der Waals surface area (Å²) < 4.78 is 6.19. The largest absolute Gasteiger partial charge is 0.490 e. The minimum atomic E-state index is -0.0636. The van der Waals surface area contributed by atoms with Crippen LogP contribution in [0.2, 0.25) is 0 Å². The van der Waals surface area contributed by atoms with Gasteiger partial charge in [-0.25, -0.2) is 0 Å². The molecule has 1 saturated carbocycles. The van der Waals surface area contributed by atoms with E-state index >= 15 is 0 Å². The maximum Gasteiger partial charge on any atom is 0.257 e. The van der Waals surface area contributed by atoms with E-state index in [1.54, 1.807) is 0 Å². The summed E-state index contributed by atoms with van der Waals surface area (Å²) in [6, 6.07) is 7.60. The number of amides is 2. The summed E-state index contributed by atoms with van der Waals surface area (Å²) in [5.74, 6) is 0.846. The molecule has 5 heteroatoms. The van der Waals surface area contributed by atoms with E-state index in [4.69, 9.17) is 4.74 Å². The van der Waals surface area contributed by atoms with Gasteiger partial charge in [0.05, 0.1) is 11.7 Å². The molecule has 0 bridgehead atoms. The van der Waals surface area contributed by atoms with Crippen molar-refractivity contribution in [3.8, 4) is 5.75 Å². The fraction of sp³-hybridized carbons (Fsp3) is 0.600. The fourth-order valence-electron chi connectivity index (χ4n) is 4.43. The molecule has 0 radical (unpaired) electrons. The van der Waals surface area contributed by atoms with Crippen molar-refractivity contribution in [3.63, 3.8) is 0 Å². The predicted octanol–water partition coefficient (Wildman–Crippen LogP) is 2.75. The molecule has 5 nitrogen and oxygen atoms in total. The van der Waals surface area contributed by atoms with Crippen molar-refractivity contribution in [1.82, 2.24) is 10.2 Å². The molecule has 134 valence electrons. The molecule has 2 heterocycles. The van der Waals surface area contributed by atoms with E-state index in [-0.39, 0.29) is 23.3 Å². The Morgan fingerprint density at radius 2 is 2.00 bits per heavy atom. The van der Waals surface area contributed by atoms with Crippen LogP contribution in [0.4, 0.5) is 0 Å². The van der Waals surface area contributed by atoms with Crippen LogP contribution in [0, 0.1) is 5.41 Å². The number of hydrogen-bond acceptors (Lipinski definition) is 3. The summed E-state index contributed by atoms with van der Waals surface area (Å²) in [6.07, 6.45) is 7.49. The average Bonchev–Trinajstić information content (AvgIpc) is 3.22. The molecule has 4 rings (SSSR count). The maximum absolute atomic E-state index is 13.1. The van der Waals surface area contributed by atoms with Crippen LogP contribution < -0.4 is 10.1 Å². The number of nitrogens with zero attached hydrogens (tertiary/aromatic N) is 1. The summed E-state index contributed by atoms with van der Waals surface area (Å²) in [6.45, 7) is 2.06. The first-order valence-corrected chi connectivity index (χ1v) is 9.47. The monoisotopic (exact) mass is 342 g/mol. The number of para-hydroxylation sites is 1. The molecule has 1 N–H and O–H groups in total. The highest BCUT2D eigenvalue weighted by Crippen LogP contribution is 2.38. The second kappa shape index (κ2) is 6.70. The van der Waals surface area contributed by atoms with E-state index in [9.17, 15) is 9.59 Å². The smallest absolute Gasteiger partial charge is 0.257 e. The SMILES string of the molecule is O=C1CC2(CCN(C(=O)c3ccccc3OC3CCCCC3)C2)CN1. The molecule has 0 aromatic heterocycles. The number of likely N-dealkylation sites (tertiary alicyclic amines) is 1. The van der Waals surface area contributed by atoms with Gasteiger partial charge in [-0.05, 0) is 44.2 Å². The van der Waals surface area contributed by atoms with Crippen LogP contribution in [0.15, 0.2) is 24.3 Å². The lowest BCUT2D eigenvalue weighted by atomic mass is 9.86. The number of carbonyl (C=O) groups excluding carboxylic acids is 2. The van der Waals surface area contributed by atoms with Gasteiger partial charge in [0.15, 0.2) is 0 Å². The number of nitrogens with one attached hydrogen (secondary N) is 1. The molecule has 1 aromatic rings. The number of hydrogen-bond donors (Lipinski definition) is 1. The lowest BCUT2D eigenvalue weighted by Crippen LogP contribution is -2.33. The zero-order chi connectivity index (χ0) is 17.3. The highest BCUT2D eigenvalue weighted by molar-refractivity contribution is 5.97. The summed E-state index contributed by atoms with van der Waals surface area (Å²) in [4.78, 5) is 26.6. The van der Waals surface area contributed by atoms with Gasteiger partial charge in [-0.2, -0.15) is 0 Å². The Labute approximate surface area is 148 Å². The van der Waals surface area contributed by atoms with E-state index in [0.717, 1.165) is 19.3 Å². The number of carbonyl (C=O) groups is 2. The van der Waals surface area contributed by atoms with Gasteiger partial charge in [-0.15, -0.1) is 0 Å². The van der Waals surface area contributed by atoms with Crippen LogP contribution in [-0.4, -0.2) is 42.5 Å². The quantitative estimate of drug-likeness (QED) is 0.919. The lowest BCUT2D eigenvalue weighted by Gasteiger charge is -2.26. The summed E-state index contributed by atoms with van der Waals surface area (Å²) in [5.41, 5.74) is 0.591. The predicted molar refractivity (Wildman–Crippen MR) is 94.5 cm³/mol. The molecule has 25 heavy (non-hydrogen) atoms. The Morgan fingerprint density at radius 3 is 2.76 bits per heavy atom. The van der Waals surface area contributed by atoms with Gasteiger partial charge in [0, 0.05) is 31.5 Å². The molecular weight excluding hydrogens is 316 g/mol. The van der Waals surface area contributed by atoms with Crippen molar-refractivity contribution >= 4 is 11.8 Å². The number of benzene rings is 1. The van der Waals surface area contributed by atoms with Gasteiger partial charge in [0.2, 0.25) is 5.91 Å². The second-order valence-electron chi connectivity index (χ2n) is 7.80. The molecule has 1 atom stereocenters. The van der Waals surface area contributed by atoms with Gasteiger partial charge in [0.25, 0.3) is 5.91 Å². The minimum absolute atomic E-state index is 0.0302. The number of ether oxygens (including phenoxy) is 1. The van der Waals surface area contributed by atoms with Crippen molar-refractivity contribution in [2.75, 3.05) is 19.6 Å². The molecule has 2 aliphatic heterocycles. The zero-order valence-electron chi connectivity index (χ0n) is 14.6. The van der Waals surface area contributed by atoms with Gasteiger partial charge >= 0.3 is 0 Å². The molecule has 1 aliphatic carbocycles. The molecule has 1 aromatic carbocycles. The van der Waals surface area contributed by atoms with Gasteiger partial charge < -0.3 is 15.0 Å². The average molecular weight is 342 g/mol. The third kappa shape index (κ3) is 3.37. The Balaban J connectivity index is 1.48. The van der Waals surface area contributed by atoms with Crippen LogP contribution in [0.1, 0.15) is 55.3 Å². The van der Waals surface area contributed by atoms with E-state index < -0.39 is 0 Å². The Bertz CT molecular complexity index is 669. The third-order valence-electron chi connectivity index (χ3n) is 5.88. The lowest BCUT2D eigenvalue weighted by molar-refractivity contribution is -0.119. The van der Waals surface area contributed by atoms with Gasteiger partial charge in [0.1, 0.15) is 5.75 Å². The van der Waals surface area contributed by atoms with Crippen molar-refractivity contribution in [3.05, 3.63) is 29.8 Å². The molecule has 2 saturated heterocycles. The minimum Gasteiger partial charge on any atom is -0.490 e. The Hall–Kier alpha value is -2.04. The molecule has 1 unspecified atom stereocenters. The summed E-state index contributed by atoms with van der Waals surface area (Å²) >= 11 is 0. The first-order chi connectivity index (χ1) is 12.2. The normalized spacial score (nSPS) is 26.9. The molecule has 2 amide bonds. The third-order valence-corrected chi connectivity index (χ3v) is 5.88. The first-order valence-electron chi connectivity index (χ1n) is 9.47. The fourth-order valence-corrected chi connectivity index (χ4v) is 4.43. The Kier molecular flexibility index (Phi) is 4.40. The second-order valence-corrected chi connectivity index (χ2v) is 7.80. The highest BCUT2D eigenvalue weighted by Gasteiger charge is 2.45. The van der Waals surface area contributed by atoms with Crippen molar-refractivity contribution in [2.24, 2.45) is 5.41 Å². The maximum atomic E-state index is 13.1. The summed E-state index contributed by atoms with van der Waals surface area (Å²) in [5, 5.41) is 2.92. The standard InChI is InChI=1S/C20H26N2O3/c23-18-12-20(13-21-18)10-11-22(14-20)19(24)16-8-4-5-9-17(16)25-15-6-2-1-3-7-15/h4-5,8-9,15H,1-3,6-7,10-14H2,(H,21,23). The van der Waals surface area contributed by atoms with E-state index in [1.165, 1.54) is 19.3 Å². The van der Waals surface area contributed by atoms with Gasteiger partial charge in [-0.3, -0.25) is 9.59 Å². The highest BCUT2D eigenvalue weighted by atomic mass is 16.5. The van der Waals surface area contributed by atoms with Crippen LogP contribution in [0.5, 0.6) is 5.75 Å². The zero-order valence-corrected chi connectivity index (χ0v) is 14.6. The molecule has 1 spiro atoms. The van der Waals surface area contributed by atoms with Crippen LogP contribution >= 0.6 is 0 Å². The van der Waals surface area contributed by atoms with Crippen LogP contribution in [0.25, 0.3) is 0 Å². The summed E-state index contributed by atoms with van der Waals surface area (Å²) in [7, 11) is 0. The van der Waals surface area contributed by atoms with E-state index in [1.807, 2.05) is 29.2 Å². The van der Waals surface area contributed by atoms with Crippen LogP contribution in [-0.2, 0) is 4.79 Å². The van der Waals surface area contributed by atoms with Crippen molar-refractivity contribution in [2.45, 2.75) is 51.0 Å². The molecular formula is C20H26N2O3. The Morgan fingerprint density at radius 1 is 1.20 bits per heavy atom. The van der Waals surface area contributed by atoms with E-state index in [0.29, 0.717) is 37.4 Å². The van der Waals surface area contributed by atoms with E-state index in [2.05, 4.69) is 5.32 Å². The topological polar surface area (TPSA) is 58.6 Å². The van der Waals surface area contributed by atoms with Crippen molar-refractivity contribution in [1.29, 1.82) is 0 Å². The molecule has 3 fully saturated rings. The van der Waals surface area contributed by atoms with Crippen LogP contribution in [0.3, 0.4) is 0 Å². The molecule has 3 aliphatic rings. The first kappa shape index (κ1) is 16.4. The van der Waals surface area contributed by atoms with Crippen molar-refractivity contribution < 1.29 is 14.3 Å².